The number of carbonyl (C=O) groups excluding carboxylic acids is 1. The number of carbonyl (C=O) groups is 1. The van der Waals surface area contributed by atoms with Crippen molar-refractivity contribution >= 4 is 17.3 Å². The fourth-order valence-electron chi connectivity index (χ4n) is 2.58. The zero-order valence-corrected chi connectivity index (χ0v) is 14.7. The molecule has 0 saturated carbocycles. The predicted molar refractivity (Wildman–Crippen MR) is 96.0 cm³/mol. The third-order valence-electron chi connectivity index (χ3n) is 3.70. The third-order valence-corrected chi connectivity index (χ3v) is 3.70. The lowest BCUT2D eigenvalue weighted by atomic mass is 10.1. The summed E-state index contributed by atoms with van der Waals surface area (Å²) in [5.41, 5.74) is 1.70. The molecule has 0 unspecified atom stereocenters. The van der Waals surface area contributed by atoms with E-state index in [0.29, 0.717) is 22.4 Å². The molecule has 26 heavy (non-hydrogen) atoms. The molecule has 0 radical (unpaired) electrons. The van der Waals surface area contributed by atoms with Crippen LogP contribution in [0.1, 0.15) is 21.5 Å². The number of aliphatic hydroxyl groups excluding tert-OH is 1. The van der Waals surface area contributed by atoms with Gasteiger partial charge in [0.1, 0.15) is 11.4 Å². The molecule has 0 aliphatic heterocycles. The molecule has 0 aliphatic rings. The van der Waals surface area contributed by atoms with E-state index in [1.807, 2.05) is 0 Å². The lowest BCUT2D eigenvalue weighted by molar-refractivity contribution is -0.384. The van der Waals surface area contributed by atoms with E-state index in [1.165, 1.54) is 13.2 Å². The van der Waals surface area contributed by atoms with E-state index in [-0.39, 0.29) is 30.3 Å². The van der Waals surface area contributed by atoms with Gasteiger partial charge in [-0.2, -0.15) is 0 Å². The zero-order chi connectivity index (χ0) is 19.3. The van der Waals surface area contributed by atoms with Crippen molar-refractivity contribution in [3.05, 3.63) is 57.1 Å². The van der Waals surface area contributed by atoms with Crippen LogP contribution in [0.3, 0.4) is 0 Å². The number of para-hydroxylation sites is 1. The minimum atomic E-state index is -0.539. The van der Waals surface area contributed by atoms with Gasteiger partial charge in [-0.1, -0.05) is 6.07 Å². The number of nitrogens with zero attached hydrogens (tertiary/aromatic N) is 1. The number of methoxy groups -OCH3 is 1. The van der Waals surface area contributed by atoms with Crippen LogP contribution in [-0.4, -0.2) is 36.3 Å². The molecule has 2 aromatic rings. The molecular formula is C18H20N2O6. The molecule has 0 heterocycles. The lowest BCUT2D eigenvalue weighted by Gasteiger charge is -2.15. The molecule has 8 heteroatoms. The molecule has 2 rings (SSSR count). The maximum atomic E-state index is 11.7. The summed E-state index contributed by atoms with van der Waals surface area (Å²) in [5, 5.41) is 23.2. The second-order valence-electron chi connectivity index (χ2n) is 5.59. The van der Waals surface area contributed by atoms with Gasteiger partial charge in [0.25, 0.3) is 0 Å². The van der Waals surface area contributed by atoms with E-state index < -0.39 is 10.9 Å². The van der Waals surface area contributed by atoms with Crippen LogP contribution >= 0.6 is 0 Å². The number of ether oxygens (including phenoxy) is 2. The normalized spacial score (nSPS) is 10.3. The summed E-state index contributed by atoms with van der Waals surface area (Å²) in [4.78, 5) is 22.7. The Kier molecular flexibility index (Phi) is 6.13. The summed E-state index contributed by atoms with van der Waals surface area (Å²) < 4.78 is 10.5. The van der Waals surface area contributed by atoms with E-state index in [0.717, 1.165) is 0 Å². The SMILES string of the molecule is COC(=O)c1cc(C)c(Oc2cccc(NCCO)c2[N+](=O)[O-])c(C)c1. The first-order chi connectivity index (χ1) is 12.4. The van der Waals surface area contributed by atoms with Crippen LogP contribution in [0.25, 0.3) is 0 Å². The lowest BCUT2D eigenvalue weighted by Crippen LogP contribution is -2.08. The summed E-state index contributed by atoms with van der Waals surface area (Å²) >= 11 is 0. The number of anilines is 1. The Morgan fingerprint density at radius 2 is 1.92 bits per heavy atom. The second kappa shape index (κ2) is 8.30. The Hall–Kier alpha value is -3.13. The van der Waals surface area contributed by atoms with Crippen LogP contribution in [0.2, 0.25) is 0 Å². The highest BCUT2D eigenvalue weighted by atomic mass is 16.6. The summed E-state index contributed by atoms with van der Waals surface area (Å²) in [7, 11) is 1.30. The highest BCUT2D eigenvalue weighted by molar-refractivity contribution is 5.90. The van der Waals surface area contributed by atoms with Gasteiger partial charge >= 0.3 is 11.7 Å². The largest absolute Gasteiger partial charge is 0.465 e. The fourth-order valence-corrected chi connectivity index (χ4v) is 2.58. The smallest absolute Gasteiger partial charge is 0.337 e. The number of nitro groups is 1. The fraction of sp³-hybridized carbons (Fsp3) is 0.278. The van der Waals surface area contributed by atoms with Crippen LogP contribution in [-0.2, 0) is 4.74 Å². The average Bonchev–Trinajstić information content (AvgIpc) is 2.61. The van der Waals surface area contributed by atoms with Crippen LogP contribution in [0.15, 0.2) is 30.3 Å². The number of hydrogen-bond acceptors (Lipinski definition) is 7. The number of hydrogen-bond donors (Lipinski definition) is 2. The van der Waals surface area contributed by atoms with Gasteiger partial charge in [0.15, 0.2) is 0 Å². The summed E-state index contributed by atoms with van der Waals surface area (Å²) in [6, 6.07) is 7.87. The van der Waals surface area contributed by atoms with Gasteiger partial charge in [-0.05, 0) is 49.2 Å². The van der Waals surface area contributed by atoms with Gasteiger partial charge in [0, 0.05) is 6.54 Å². The van der Waals surface area contributed by atoms with Crippen LogP contribution < -0.4 is 10.1 Å². The Balaban J connectivity index is 2.45. The van der Waals surface area contributed by atoms with E-state index in [2.05, 4.69) is 5.32 Å². The highest BCUT2D eigenvalue weighted by Gasteiger charge is 2.23. The third kappa shape index (κ3) is 4.09. The van der Waals surface area contributed by atoms with Gasteiger partial charge in [0.05, 0.1) is 24.2 Å². The first kappa shape index (κ1) is 19.2. The van der Waals surface area contributed by atoms with Crippen molar-refractivity contribution in [2.24, 2.45) is 0 Å². The first-order valence-corrected chi connectivity index (χ1v) is 7.88. The maximum absolute atomic E-state index is 11.7. The van der Waals surface area contributed by atoms with Crippen molar-refractivity contribution in [3.63, 3.8) is 0 Å². The van der Waals surface area contributed by atoms with Gasteiger partial charge in [0.2, 0.25) is 5.75 Å². The number of aryl methyl sites for hydroxylation is 2. The quantitative estimate of drug-likeness (QED) is 0.443. The average molecular weight is 360 g/mol. The van der Waals surface area contributed by atoms with Gasteiger partial charge in [-0.15, -0.1) is 0 Å². The monoisotopic (exact) mass is 360 g/mol. The molecule has 2 aromatic carbocycles. The van der Waals surface area contributed by atoms with Gasteiger partial charge < -0.3 is 19.9 Å². The molecule has 0 amide bonds. The van der Waals surface area contributed by atoms with Crippen molar-refractivity contribution in [1.29, 1.82) is 0 Å². The molecule has 0 fully saturated rings. The molecule has 0 spiro atoms. The standard InChI is InChI=1S/C18H20N2O6/c1-11-9-13(18(22)25-3)10-12(2)17(11)26-15-6-4-5-14(19-7-8-21)16(15)20(23)24/h4-6,9-10,19,21H,7-8H2,1-3H3. The predicted octanol–water partition coefficient (Wildman–Crippen LogP) is 3.19. The number of aliphatic hydroxyl groups is 1. The Morgan fingerprint density at radius 3 is 2.46 bits per heavy atom. The molecule has 2 N–H and O–H groups in total. The zero-order valence-electron chi connectivity index (χ0n) is 14.7. The number of benzene rings is 2. The van der Waals surface area contributed by atoms with Gasteiger partial charge in [-0.3, -0.25) is 10.1 Å². The molecular weight excluding hydrogens is 340 g/mol. The number of nitrogens with one attached hydrogen (secondary N) is 1. The van der Waals surface area contributed by atoms with Crippen LogP contribution in [0, 0.1) is 24.0 Å². The Labute approximate surface area is 150 Å². The molecule has 0 bridgehead atoms. The van der Waals surface area contributed by atoms with E-state index in [4.69, 9.17) is 14.6 Å². The highest BCUT2D eigenvalue weighted by Crippen LogP contribution is 2.39. The topological polar surface area (TPSA) is 111 Å². The van der Waals surface area contributed by atoms with E-state index >= 15 is 0 Å². The molecule has 0 aromatic heterocycles. The minimum Gasteiger partial charge on any atom is -0.465 e. The molecule has 0 aliphatic carbocycles. The van der Waals surface area contributed by atoms with E-state index in [1.54, 1.807) is 38.1 Å². The summed E-state index contributed by atoms with van der Waals surface area (Å²) in [5.74, 6) is 0.0268. The maximum Gasteiger partial charge on any atom is 0.337 e. The molecule has 138 valence electrons. The molecule has 8 nitrogen and oxygen atoms in total. The van der Waals surface area contributed by atoms with Crippen LogP contribution in [0.4, 0.5) is 11.4 Å². The van der Waals surface area contributed by atoms with Gasteiger partial charge in [-0.25, -0.2) is 4.79 Å². The minimum absolute atomic E-state index is 0.0648. The second-order valence-corrected chi connectivity index (χ2v) is 5.59. The van der Waals surface area contributed by atoms with Crippen molar-refractivity contribution in [3.8, 4) is 11.5 Å². The number of esters is 1. The number of rotatable bonds is 7. The van der Waals surface area contributed by atoms with E-state index in [9.17, 15) is 14.9 Å². The summed E-state index contributed by atoms with van der Waals surface area (Å²) in [6.45, 7) is 3.51. The Bertz CT molecular complexity index is 811. The number of nitro benzene ring substituents is 1. The van der Waals surface area contributed by atoms with Crippen LogP contribution in [0.5, 0.6) is 11.5 Å². The molecule has 0 saturated heterocycles. The Morgan fingerprint density at radius 1 is 1.27 bits per heavy atom. The summed E-state index contributed by atoms with van der Waals surface area (Å²) in [6.07, 6.45) is 0. The molecule has 0 atom stereocenters. The van der Waals surface area contributed by atoms with Crippen molar-refractivity contribution in [1.82, 2.24) is 0 Å². The first-order valence-electron chi connectivity index (χ1n) is 7.88. The van der Waals surface area contributed by atoms with Crippen molar-refractivity contribution in [2.75, 3.05) is 25.6 Å². The van der Waals surface area contributed by atoms with Crippen molar-refractivity contribution < 1.29 is 24.3 Å². The van der Waals surface area contributed by atoms with Crippen molar-refractivity contribution in [2.45, 2.75) is 13.8 Å².